The van der Waals surface area contributed by atoms with Crippen molar-refractivity contribution in [2.24, 2.45) is 0 Å². The number of nitrogens with zero attached hydrogens (tertiary/aromatic N) is 1. The minimum absolute atomic E-state index is 0.591. The maximum Gasteiger partial charge on any atom is 0.147 e. The van der Waals surface area contributed by atoms with Crippen molar-refractivity contribution >= 4 is 49.6 Å². The van der Waals surface area contributed by atoms with Crippen LogP contribution in [0.1, 0.15) is 24.3 Å². The number of fused-ring (bicyclic) bond motifs is 1. The van der Waals surface area contributed by atoms with Crippen LogP contribution in [-0.4, -0.2) is 27.0 Å². The van der Waals surface area contributed by atoms with E-state index in [-0.39, 0.29) is 0 Å². The molecular formula is C14H16N2OS3. The van der Waals surface area contributed by atoms with E-state index in [1.807, 2.05) is 25.2 Å². The Hall–Kier alpha value is -0.850. The highest BCUT2D eigenvalue weighted by Gasteiger charge is 2.46. The van der Waals surface area contributed by atoms with Crippen LogP contribution in [-0.2, 0) is 15.5 Å². The van der Waals surface area contributed by atoms with Crippen molar-refractivity contribution in [2.45, 2.75) is 24.0 Å². The van der Waals surface area contributed by atoms with E-state index in [1.165, 1.54) is 0 Å². The van der Waals surface area contributed by atoms with Gasteiger partial charge in [-0.2, -0.15) is 0 Å². The lowest BCUT2D eigenvalue weighted by Gasteiger charge is -2.34. The number of para-hydroxylation sites is 1. The fraction of sp³-hybridized carbons (Fsp3) is 0.429. The molecule has 1 saturated heterocycles. The molecule has 3 nitrogen and oxygen atoms in total. The molecule has 1 unspecified atom stereocenters. The molecule has 0 bridgehead atoms. The van der Waals surface area contributed by atoms with Gasteiger partial charge >= 0.3 is 0 Å². The molecule has 1 N–H and O–H groups in total. The SMILES string of the molecule is CNC(=S)[C@]1(c2nc3ccccc3s2)CCCCS1=O. The number of likely N-dealkylation sites (N-methyl/N-ethyl adjacent to an activating group) is 1. The van der Waals surface area contributed by atoms with Crippen LogP contribution >= 0.6 is 23.6 Å². The average molecular weight is 324 g/mol. The summed E-state index contributed by atoms with van der Waals surface area (Å²) in [4.78, 5) is 5.39. The van der Waals surface area contributed by atoms with Crippen molar-refractivity contribution in [2.75, 3.05) is 12.8 Å². The first-order valence-electron chi connectivity index (χ1n) is 6.65. The first-order valence-corrected chi connectivity index (χ1v) is 9.19. The van der Waals surface area contributed by atoms with Crippen molar-refractivity contribution in [3.05, 3.63) is 29.3 Å². The molecule has 2 heterocycles. The third-order valence-electron chi connectivity index (χ3n) is 3.73. The largest absolute Gasteiger partial charge is 0.381 e. The molecule has 1 aromatic heterocycles. The lowest BCUT2D eigenvalue weighted by molar-refractivity contribution is 0.573. The number of hydrogen-bond acceptors (Lipinski definition) is 4. The molecule has 0 saturated carbocycles. The molecule has 1 fully saturated rings. The Bertz CT molecular complexity index is 639. The van der Waals surface area contributed by atoms with E-state index in [4.69, 9.17) is 17.2 Å². The highest BCUT2D eigenvalue weighted by Crippen LogP contribution is 2.42. The molecule has 0 radical (unpaired) electrons. The Morgan fingerprint density at radius 3 is 2.95 bits per heavy atom. The summed E-state index contributed by atoms with van der Waals surface area (Å²) in [5.74, 6) is 0.706. The van der Waals surface area contributed by atoms with Gasteiger partial charge in [-0.15, -0.1) is 11.3 Å². The number of nitrogens with one attached hydrogen (secondary N) is 1. The lowest BCUT2D eigenvalue weighted by Crippen LogP contribution is -2.47. The number of benzene rings is 1. The van der Waals surface area contributed by atoms with Gasteiger partial charge in [0.2, 0.25) is 0 Å². The van der Waals surface area contributed by atoms with Gasteiger partial charge in [0.25, 0.3) is 0 Å². The van der Waals surface area contributed by atoms with E-state index in [9.17, 15) is 4.21 Å². The van der Waals surface area contributed by atoms with Gasteiger partial charge in [0.15, 0.2) is 0 Å². The topological polar surface area (TPSA) is 42.0 Å². The van der Waals surface area contributed by atoms with Gasteiger partial charge in [0.05, 0.1) is 10.2 Å². The smallest absolute Gasteiger partial charge is 0.147 e. The van der Waals surface area contributed by atoms with Crippen LogP contribution < -0.4 is 5.32 Å². The zero-order valence-corrected chi connectivity index (χ0v) is 13.7. The summed E-state index contributed by atoms with van der Waals surface area (Å²) in [7, 11) is 0.809. The summed E-state index contributed by atoms with van der Waals surface area (Å²) in [6, 6.07) is 8.04. The Balaban J connectivity index is 2.18. The van der Waals surface area contributed by atoms with Gasteiger partial charge in [-0.1, -0.05) is 30.8 Å². The summed E-state index contributed by atoms with van der Waals surface area (Å²) in [5.41, 5.74) is 0.966. The van der Waals surface area contributed by atoms with Crippen LogP contribution in [0.2, 0.25) is 0 Å². The van der Waals surface area contributed by atoms with Gasteiger partial charge < -0.3 is 5.32 Å². The third kappa shape index (κ3) is 2.10. The standard InChI is InChI=1S/C14H16N2OS3/c1-15-12(18)14(8-4-5-9-20(14)17)13-16-10-6-2-3-7-11(10)19-13/h2-3,6-7H,4-5,8-9H2,1H3,(H,15,18)/t14-,20?/m0/s1. The normalized spacial score (nSPS) is 26.6. The molecule has 3 rings (SSSR count). The monoisotopic (exact) mass is 324 g/mol. The molecule has 2 aromatic rings. The zero-order valence-electron chi connectivity index (χ0n) is 11.2. The molecule has 20 heavy (non-hydrogen) atoms. The van der Waals surface area contributed by atoms with Crippen LogP contribution in [0.25, 0.3) is 10.2 Å². The van der Waals surface area contributed by atoms with Crippen molar-refractivity contribution in [1.82, 2.24) is 10.3 Å². The van der Waals surface area contributed by atoms with Crippen molar-refractivity contribution in [3.63, 3.8) is 0 Å². The molecule has 0 spiro atoms. The second-order valence-corrected chi connectivity index (χ2v) is 8.13. The molecular weight excluding hydrogens is 308 g/mol. The van der Waals surface area contributed by atoms with E-state index in [0.29, 0.717) is 10.7 Å². The molecule has 0 amide bonds. The van der Waals surface area contributed by atoms with Gasteiger partial charge in [0.1, 0.15) is 14.7 Å². The maximum absolute atomic E-state index is 12.7. The third-order valence-corrected chi connectivity index (χ3v) is 7.78. The van der Waals surface area contributed by atoms with Gasteiger partial charge in [-0.25, -0.2) is 4.98 Å². The number of hydrogen-bond donors (Lipinski definition) is 1. The Labute approximate surface area is 130 Å². The fourth-order valence-corrected chi connectivity index (χ4v) is 6.43. The van der Waals surface area contributed by atoms with Crippen LogP contribution in [0.3, 0.4) is 0 Å². The fourth-order valence-electron chi connectivity index (χ4n) is 2.66. The first kappa shape index (κ1) is 14.1. The Morgan fingerprint density at radius 1 is 1.45 bits per heavy atom. The van der Waals surface area contributed by atoms with E-state index >= 15 is 0 Å². The maximum atomic E-state index is 12.7. The van der Waals surface area contributed by atoms with E-state index in [2.05, 4.69) is 11.4 Å². The van der Waals surface area contributed by atoms with Gasteiger partial charge in [-0.3, -0.25) is 4.21 Å². The minimum Gasteiger partial charge on any atom is -0.381 e. The molecule has 1 aromatic carbocycles. The van der Waals surface area contributed by atoms with Crippen LogP contribution in [0, 0.1) is 0 Å². The van der Waals surface area contributed by atoms with E-state index in [1.54, 1.807) is 11.3 Å². The number of rotatable bonds is 2. The molecule has 6 heteroatoms. The molecule has 1 aliphatic rings. The Kier molecular flexibility index (Phi) is 3.88. The van der Waals surface area contributed by atoms with Crippen molar-refractivity contribution in [1.29, 1.82) is 0 Å². The van der Waals surface area contributed by atoms with Crippen molar-refractivity contribution < 1.29 is 4.21 Å². The van der Waals surface area contributed by atoms with E-state index in [0.717, 1.165) is 34.5 Å². The minimum atomic E-state index is -1.00. The summed E-state index contributed by atoms with van der Waals surface area (Å²) < 4.78 is 13.3. The van der Waals surface area contributed by atoms with Gasteiger partial charge in [0, 0.05) is 23.6 Å². The first-order chi connectivity index (χ1) is 9.68. The second kappa shape index (κ2) is 5.50. The van der Waals surface area contributed by atoms with Crippen molar-refractivity contribution in [3.8, 4) is 0 Å². The van der Waals surface area contributed by atoms with Crippen LogP contribution in [0.5, 0.6) is 0 Å². The lowest BCUT2D eigenvalue weighted by atomic mass is 10.0. The number of thiocarbonyl (C=S) groups is 1. The highest BCUT2D eigenvalue weighted by atomic mass is 32.2. The average Bonchev–Trinajstić information content (AvgIpc) is 2.91. The molecule has 106 valence electrons. The van der Waals surface area contributed by atoms with Crippen LogP contribution in [0.15, 0.2) is 24.3 Å². The number of aromatic nitrogens is 1. The van der Waals surface area contributed by atoms with Gasteiger partial charge in [-0.05, 0) is 25.0 Å². The molecule has 2 atom stereocenters. The summed E-state index contributed by atoms with van der Waals surface area (Å²) in [6.07, 6.45) is 2.87. The number of thiazole rings is 1. The highest BCUT2D eigenvalue weighted by molar-refractivity contribution is 7.90. The quantitative estimate of drug-likeness (QED) is 0.863. The molecule has 0 aliphatic carbocycles. The summed E-state index contributed by atoms with van der Waals surface area (Å²) in [5, 5.41) is 3.95. The zero-order chi connectivity index (χ0) is 14.2. The predicted molar refractivity (Wildman–Crippen MR) is 89.8 cm³/mol. The Morgan fingerprint density at radius 2 is 2.25 bits per heavy atom. The summed E-state index contributed by atoms with van der Waals surface area (Å²) >= 11 is 7.13. The second-order valence-electron chi connectivity index (χ2n) is 4.90. The van der Waals surface area contributed by atoms with Crippen LogP contribution in [0.4, 0.5) is 0 Å². The van der Waals surface area contributed by atoms with E-state index < -0.39 is 15.5 Å². The predicted octanol–water partition coefficient (Wildman–Crippen LogP) is 2.97. The summed E-state index contributed by atoms with van der Waals surface area (Å²) in [6.45, 7) is 0. The molecule has 1 aliphatic heterocycles.